The lowest BCUT2D eigenvalue weighted by atomic mass is 9.44. The molecule has 0 amide bonds. The number of carbonyl (C=O) groups is 2. The van der Waals surface area contributed by atoms with Crippen LogP contribution >= 0.6 is 0 Å². The lowest BCUT2D eigenvalue weighted by molar-refractivity contribution is -0.289. The highest BCUT2D eigenvalue weighted by molar-refractivity contribution is 5.88. The SMILES string of the molecule is C[C@@]12CCC(=O)C[C@@H]1CC[C@H]1[C@H]2CC2(OCCO2)[C@@]2(C)C(=O)CC[C@H]12. The van der Waals surface area contributed by atoms with Crippen LogP contribution in [0.3, 0.4) is 0 Å². The molecule has 0 aromatic rings. The van der Waals surface area contributed by atoms with E-state index < -0.39 is 11.2 Å². The third-order valence-electron chi connectivity index (χ3n) is 9.12. The van der Waals surface area contributed by atoms with Gasteiger partial charge >= 0.3 is 0 Å². The minimum atomic E-state index is -0.710. The number of ether oxygens (including phenoxy) is 2. The summed E-state index contributed by atoms with van der Waals surface area (Å²) in [6, 6.07) is 0. The molecule has 5 aliphatic rings. The van der Waals surface area contributed by atoms with Crippen molar-refractivity contribution in [3.63, 3.8) is 0 Å². The second kappa shape index (κ2) is 5.16. The van der Waals surface area contributed by atoms with Crippen molar-refractivity contribution in [2.45, 2.75) is 71.0 Å². The van der Waals surface area contributed by atoms with Gasteiger partial charge in [-0.2, -0.15) is 0 Å². The molecule has 1 aliphatic heterocycles. The van der Waals surface area contributed by atoms with Crippen molar-refractivity contribution in [3.05, 3.63) is 0 Å². The number of fused-ring (bicyclic) bond motifs is 6. The summed E-state index contributed by atoms with van der Waals surface area (Å²) in [7, 11) is 0. The summed E-state index contributed by atoms with van der Waals surface area (Å²) < 4.78 is 12.5. The molecule has 4 nitrogen and oxygen atoms in total. The molecule has 4 heteroatoms. The molecule has 138 valence electrons. The molecular weight excluding hydrogens is 316 g/mol. The van der Waals surface area contributed by atoms with Gasteiger partial charge in [0.05, 0.1) is 18.6 Å². The summed E-state index contributed by atoms with van der Waals surface area (Å²) in [6.07, 6.45) is 7.33. The van der Waals surface area contributed by atoms with Crippen LogP contribution in [0.2, 0.25) is 0 Å². The van der Waals surface area contributed by atoms with Crippen LogP contribution < -0.4 is 0 Å². The Kier molecular flexibility index (Phi) is 3.39. The maximum Gasteiger partial charge on any atom is 0.181 e. The van der Waals surface area contributed by atoms with E-state index in [0.29, 0.717) is 54.9 Å². The highest BCUT2D eigenvalue weighted by Crippen LogP contribution is 2.69. The van der Waals surface area contributed by atoms with Gasteiger partial charge in [0.15, 0.2) is 5.79 Å². The van der Waals surface area contributed by atoms with Crippen LogP contribution in [0.1, 0.15) is 65.2 Å². The lowest BCUT2D eigenvalue weighted by Gasteiger charge is -2.63. The van der Waals surface area contributed by atoms with Gasteiger partial charge in [-0.25, -0.2) is 0 Å². The summed E-state index contributed by atoms with van der Waals surface area (Å²) in [4.78, 5) is 25.0. The van der Waals surface area contributed by atoms with Crippen LogP contribution in [0.4, 0.5) is 0 Å². The van der Waals surface area contributed by atoms with Crippen molar-refractivity contribution in [3.8, 4) is 0 Å². The largest absolute Gasteiger partial charge is 0.346 e. The molecule has 0 radical (unpaired) electrons. The van der Waals surface area contributed by atoms with Crippen LogP contribution in [-0.4, -0.2) is 30.6 Å². The van der Waals surface area contributed by atoms with E-state index in [1.165, 1.54) is 6.42 Å². The van der Waals surface area contributed by atoms with Crippen molar-refractivity contribution in [1.29, 1.82) is 0 Å². The molecule has 4 aliphatic carbocycles. The first-order chi connectivity index (χ1) is 11.9. The smallest absolute Gasteiger partial charge is 0.181 e. The maximum absolute atomic E-state index is 13.0. The molecule has 0 N–H and O–H groups in total. The van der Waals surface area contributed by atoms with Gasteiger partial charge in [0.1, 0.15) is 11.6 Å². The lowest BCUT2D eigenvalue weighted by Crippen LogP contribution is -2.64. The van der Waals surface area contributed by atoms with E-state index in [4.69, 9.17) is 9.47 Å². The van der Waals surface area contributed by atoms with Crippen LogP contribution in [0.5, 0.6) is 0 Å². The predicted octanol–water partition coefficient (Wildman–Crippen LogP) is 3.52. The highest BCUT2D eigenvalue weighted by atomic mass is 16.7. The van der Waals surface area contributed by atoms with Crippen molar-refractivity contribution >= 4 is 11.6 Å². The standard InChI is InChI=1S/C21H30O4/c1-19-8-7-14(22)11-13(19)3-4-15-16-5-6-18(23)20(16,2)21(12-17(15)19)24-9-10-25-21/h13,15-17H,3-12H2,1-2H3/t13-,15+,16+,17+,19+,20+/m0/s1. The van der Waals surface area contributed by atoms with Gasteiger partial charge in [-0.15, -0.1) is 0 Å². The molecule has 1 heterocycles. The van der Waals surface area contributed by atoms with E-state index in [9.17, 15) is 9.59 Å². The second-order valence-electron chi connectivity index (χ2n) is 9.72. The normalized spacial score (nSPS) is 51.3. The van der Waals surface area contributed by atoms with E-state index in [-0.39, 0.29) is 5.41 Å². The zero-order valence-corrected chi connectivity index (χ0v) is 15.5. The Morgan fingerprint density at radius 2 is 1.72 bits per heavy atom. The van der Waals surface area contributed by atoms with Crippen molar-refractivity contribution in [2.75, 3.05) is 13.2 Å². The summed E-state index contributed by atoms with van der Waals surface area (Å²) in [5, 5.41) is 0. The van der Waals surface area contributed by atoms with Crippen molar-refractivity contribution in [1.82, 2.24) is 0 Å². The third-order valence-corrected chi connectivity index (χ3v) is 9.12. The van der Waals surface area contributed by atoms with Gasteiger partial charge in [0, 0.05) is 25.7 Å². The maximum atomic E-state index is 13.0. The van der Waals surface area contributed by atoms with Gasteiger partial charge in [-0.05, 0) is 61.7 Å². The average molecular weight is 346 g/mol. The molecule has 5 fully saturated rings. The Balaban J connectivity index is 1.58. The van der Waals surface area contributed by atoms with E-state index in [2.05, 4.69) is 13.8 Å². The quantitative estimate of drug-likeness (QED) is 0.673. The topological polar surface area (TPSA) is 52.6 Å². The van der Waals surface area contributed by atoms with Gasteiger partial charge in [-0.1, -0.05) is 6.92 Å². The van der Waals surface area contributed by atoms with Gasteiger partial charge in [-0.3, -0.25) is 9.59 Å². The summed E-state index contributed by atoms with van der Waals surface area (Å²) >= 11 is 0. The number of ketones is 2. The van der Waals surface area contributed by atoms with E-state index >= 15 is 0 Å². The predicted molar refractivity (Wildman–Crippen MR) is 91.8 cm³/mol. The van der Waals surface area contributed by atoms with Gasteiger partial charge in [0.2, 0.25) is 0 Å². The Bertz CT molecular complexity index is 621. The van der Waals surface area contributed by atoms with Gasteiger partial charge < -0.3 is 9.47 Å². The molecule has 0 unspecified atom stereocenters. The fraction of sp³-hybridized carbons (Fsp3) is 0.905. The van der Waals surface area contributed by atoms with Crippen LogP contribution in [-0.2, 0) is 19.1 Å². The number of carbonyl (C=O) groups excluding carboxylic acids is 2. The fourth-order valence-electron chi connectivity index (χ4n) is 7.65. The summed E-state index contributed by atoms with van der Waals surface area (Å²) in [6.45, 7) is 5.76. The highest BCUT2D eigenvalue weighted by Gasteiger charge is 2.71. The van der Waals surface area contributed by atoms with Crippen LogP contribution in [0, 0.1) is 34.5 Å². The average Bonchev–Trinajstić information content (AvgIpc) is 3.17. The van der Waals surface area contributed by atoms with E-state index in [1.807, 2.05) is 0 Å². The van der Waals surface area contributed by atoms with Crippen molar-refractivity contribution < 1.29 is 19.1 Å². The molecule has 0 bridgehead atoms. The molecule has 5 rings (SSSR count). The molecule has 0 aromatic heterocycles. The second-order valence-corrected chi connectivity index (χ2v) is 9.72. The number of hydrogen-bond acceptors (Lipinski definition) is 4. The molecule has 1 saturated heterocycles. The van der Waals surface area contributed by atoms with E-state index in [0.717, 1.165) is 38.5 Å². The first-order valence-electron chi connectivity index (χ1n) is 10.2. The number of Topliss-reactive ketones (excluding diaryl/α,β-unsaturated/α-hetero) is 2. The Morgan fingerprint density at radius 3 is 2.48 bits per heavy atom. The molecule has 4 saturated carbocycles. The Morgan fingerprint density at radius 1 is 0.960 bits per heavy atom. The Labute approximate surface area is 150 Å². The summed E-state index contributed by atoms with van der Waals surface area (Å²) in [5.74, 6) is 2.08. The molecular formula is C21H30O4. The number of rotatable bonds is 0. The first-order valence-corrected chi connectivity index (χ1v) is 10.2. The minimum Gasteiger partial charge on any atom is -0.346 e. The summed E-state index contributed by atoms with van der Waals surface area (Å²) in [5.41, 5.74) is -0.273. The van der Waals surface area contributed by atoms with Crippen LogP contribution in [0.15, 0.2) is 0 Å². The minimum absolute atomic E-state index is 0.201. The first kappa shape index (κ1) is 16.4. The fourth-order valence-corrected chi connectivity index (χ4v) is 7.65. The molecule has 1 spiro atoms. The van der Waals surface area contributed by atoms with E-state index in [1.54, 1.807) is 0 Å². The zero-order valence-electron chi connectivity index (χ0n) is 15.5. The molecule has 0 aromatic carbocycles. The Hall–Kier alpha value is -0.740. The number of hydrogen-bond donors (Lipinski definition) is 0. The van der Waals surface area contributed by atoms with Gasteiger partial charge in [0.25, 0.3) is 0 Å². The third kappa shape index (κ3) is 1.91. The van der Waals surface area contributed by atoms with Crippen molar-refractivity contribution in [2.24, 2.45) is 34.5 Å². The van der Waals surface area contributed by atoms with Crippen LogP contribution in [0.25, 0.3) is 0 Å². The monoisotopic (exact) mass is 346 g/mol. The molecule has 25 heavy (non-hydrogen) atoms. The molecule has 6 atom stereocenters. The zero-order chi connectivity index (χ0) is 17.4.